The highest BCUT2D eigenvalue weighted by Gasteiger charge is 2.40. The van der Waals surface area contributed by atoms with Gasteiger partial charge in [-0.25, -0.2) is 13.8 Å². The second-order valence-corrected chi connectivity index (χ2v) is 7.40. The van der Waals surface area contributed by atoms with E-state index in [1.54, 1.807) is 0 Å². The fourth-order valence-electron chi connectivity index (χ4n) is 3.77. The first-order chi connectivity index (χ1) is 10.9. The summed E-state index contributed by atoms with van der Waals surface area (Å²) in [5, 5.41) is 10.3. The van der Waals surface area contributed by atoms with Gasteiger partial charge in [0.05, 0.1) is 10.6 Å². The Kier molecular flexibility index (Phi) is 3.70. The molecule has 8 heteroatoms. The molecule has 1 aliphatic carbocycles. The number of benzene rings is 1. The fraction of sp³-hybridized carbons (Fsp3) is 0.467. The second-order valence-electron chi connectivity index (χ2n) is 6.27. The third-order valence-electron chi connectivity index (χ3n) is 4.77. The van der Waals surface area contributed by atoms with Crippen molar-refractivity contribution in [1.82, 2.24) is 9.97 Å². The number of aromatic nitrogens is 2. The molecule has 4 rings (SSSR count). The van der Waals surface area contributed by atoms with Crippen LogP contribution in [0.4, 0.5) is 14.6 Å². The van der Waals surface area contributed by atoms with Crippen molar-refractivity contribution >= 4 is 44.3 Å². The van der Waals surface area contributed by atoms with E-state index in [0.717, 1.165) is 12.8 Å². The molecule has 1 N–H and O–H groups in total. The predicted octanol–water partition coefficient (Wildman–Crippen LogP) is 3.53. The van der Waals surface area contributed by atoms with Crippen LogP contribution in [0.3, 0.4) is 0 Å². The minimum atomic E-state index is -0.787. The number of anilines is 1. The van der Waals surface area contributed by atoms with Gasteiger partial charge in [0.15, 0.2) is 5.82 Å². The van der Waals surface area contributed by atoms with Gasteiger partial charge in [0.2, 0.25) is 5.28 Å². The Morgan fingerprint density at radius 1 is 1.26 bits per heavy atom. The van der Waals surface area contributed by atoms with Crippen LogP contribution in [-0.4, -0.2) is 34.3 Å². The van der Waals surface area contributed by atoms with Crippen molar-refractivity contribution in [2.24, 2.45) is 11.8 Å². The lowest BCUT2D eigenvalue weighted by molar-refractivity contribution is 0.137. The van der Waals surface area contributed by atoms with Gasteiger partial charge >= 0.3 is 0 Å². The highest BCUT2D eigenvalue weighted by molar-refractivity contribution is 9.10. The number of halogens is 4. The summed E-state index contributed by atoms with van der Waals surface area (Å²) in [6, 6.07) is 1.22. The maximum absolute atomic E-state index is 14.3. The number of piperidine rings is 1. The fourth-order valence-corrected chi connectivity index (χ4v) is 4.24. The molecule has 2 aromatic rings. The molecule has 0 spiro atoms. The molecule has 2 bridgehead atoms. The van der Waals surface area contributed by atoms with Gasteiger partial charge in [-0.2, -0.15) is 4.98 Å². The molecule has 122 valence electrons. The molecule has 0 radical (unpaired) electrons. The quantitative estimate of drug-likeness (QED) is 0.583. The summed E-state index contributed by atoms with van der Waals surface area (Å²) in [5.74, 6) is -0.553. The van der Waals surface area contributed by atoms with E-state index in [1.165, 1.54) is 6.07 Å². The summed E-state index contributed by atoms with van der Waals surface area (Å²) < 4.78 is 28.0. The summed E-state index contributed by atoms with van der Waals surface area (Å²) in [6.07, 6.45) is 1.41. The lowest BCUT2D eigenvalue weighted by Gasteiger charge is -2.33. The second kappa shape index (κ2) is 5.50. The van der Waals surface area contributed by atoms with Crippen molar-refractivity contribution in [3.63, 3.8) is 0 Å². The van der Waals surface area contributed by atoms with Crippen LogP contribution < -0.4 is 4.90 Å². The molecule has 2 aliphatic rings. The van der Waals surface area contributed by atoms with Crippen LogP contribution in [0.25, 0.3) is 10.9 Å². The number of rotatable bonds is 1. The standard InChI is InChI=1S/C15H13BrClF2N3O/c16-11-9(18)3-8-13(12(11)19)20-15(17)21-14(8)22-4-6-1-7(5-22)10(23)2-6/h3,6-7,10,23H,1-2,4-5H2. The van der Waals surface area contributed by atoms with Gasteiger partial charge in [0, 0.05) is 24.4 Å². The van der Waals surface area contributed by atoms with E-state index in [-0.39, 0.29) is 27.3 Å². The van der Waals surface area contributed by atoms with Crippen LogP contribution in [-0.2, 0) is 0 Å². The number of fused-ring (bicyclic) bond motifs is 3. The van der Waals surface area contributed by atoms with Crippen LogP contribution >= 0.6 is 27.5 Å². The van der Waals surface area contributed by atoms with Gasteiger partial charge in [0.25, 0.3) is 0 Å². The van der Waals surface area contributed by atoms with E-state index in [1.807, 2.05) is 4.90 Å². The number of aliphatic hydroxyl groups is 1. The molecule has 0 amide bonds. The maximum Gasteiger partial charge on any atom is 0.225 e. The zero-order valence-electron chi connectivity index (χ0n) is 11.9. The SMILES string of the molecule is OC1CC2CC1CN(c1nc(Cl)nc3c(F)c(Br)c(F)cc13)C2. The molecule has 1 saturated carbocycles. The maximum atomic E-state index is 14.3. The zero-order valence-corrected chi connectivity index (χ0v) is 14.3. The Hall–Kier alpha value is -1.05. The van der Waals surface area contributed by atoms with Gasteiger partial charge in [0.1, 0.15) is 17.2 Å². The minimum absolute atomic E-state index is 0.00764. The van der Waals surface area contributed by atoms with Gasteiger partial charge in [-0.3, -0.25) is 0 Å². The Balaban J connectivity index is 1.87. The van der Waals surface area contributed by atoms with Crippen molar-refractivity contribution in [3.8, 4) is 0 Å². The first kappa shape index (κ1) is 15.5. The van der Waals surface area contributed by atoms with E-state index >= 15 is 0 Å². The molecule has 3 atom stereocenters. The third-order valence-corrected chi connectivity index (χ3v) is 5.66. The van der Waals surface area contributed by atoms with Crippen molar-refractivity contribution in [3.05, 3.63) is 27.5 Å². The lowest BCUT2D eigenvalue weighted by atomic mass is 9.98. The molecule has 2 heterocycles. The van der Waals surface area contributed by atoms with Crippen molar-refractivity contribution in [2.75, 3.05) is 18.0 Å². The number of hydrogen-bond donors (Lipinski definition) is 1. The molecular formula is C15H13BrClF2N3O. The molecule has 1 aromatic heterocycles. The summed E-state index contributed by atoms with van der Waals surface area (Å²) in [4.78, 5) is 10.1. The van der Waals surface area contributed by atoms with Crippen LogP contribution in [0.2, 0.25) is 5.28 Å². The number of aliphatic hydroxyl groups excluding tert-OH is 1. The van der Waals surface area contributed by atoms with Crippen molar-refractivity contribution < 1.29 is 13.9 Å². The van der Waals surface area contributed by atoms with E-state index < -0.39 is 11.6 Å². The Morgan fingerprint density at radius 2 is 2.04 bits per heavy atom. The van der Waals surface area contributed by atoms with Gasteiger partial charge < -0.3 is 10.0 Å². The molecular weight excluding hydrogens is 392 g/mol. The zero-order chi connectivity index (χ0) is 16.3. The van der Waals surface area contributed by atoms with Crippen LogP contribution in [0.1, 0.15) is 12.8 Å². The highest BCUT2D eigenvalue weighted by Crippen LogP contribution is 2.40. The van der Waals surface area contributed by atoms with Crippen molar-refractivity contribution in [2.45, 2.75) is 18.9 Å². The van der Waals surface area contributed by atoms with Crippen LogP contribution in [0.15, 0.2) is 10.5 Å². The van der Waals surface area contributed by atoms with E-state index in [0.29, 0.717) is 30.2 Å². The molecule has 1 aliphatic heterocycles. The monoisotopic (exact) mass is 403 g/mol. The molecule has 1 saturated heterocycles. The summed E-state index contributed by atoms with van der Waals surface area (Å²) in [5.41, 5.74) is -0.00764. The molecule has 1 aromatic carbocycles. The summed E-state index contributed by atoms with van der Waals surface area (Å²) in [6.45, 7) is 1.29. The number of nitrogens with zero attached hydrogens (tertiary/aromatic N) is 3. The predicted molar refractivity (Wildman–Crippen MR) is 86.6 cm³/mol. The van der Waals surface area contributed by atoms with Crippen LogP contribution in [0, 0.1) is 23.5 Å². The van der Waals surface area contributed by atoms with E-state index in [4.69, 9.17) is 11.6 Å². The third kappa shape index (κ3) is 2.49. The average molecular weight is 405 g/mol. The first-order valence-electron chi connectivity index (χ1n) is 7.37. The molecule has 3 unspecified atom stereocenters. The molecule has 4 nitrogen and oxygen atoms in total. The topological polar surface area (TPSA) is 49.2 Å². The Bertz CT molecular complexity index is 804. The minimum Gasteiger partial charge on any atom is -0.393 e. The summed E-state index contributed by atoms with van der Waals surface area (Å²) in [7, 11) is 0. The normalized spacial score (nSPS) is 27.0. The average Bonchev–Trinajstić information content (AvgIpc) is 2.77. The Morgan fingerprint density at radius 3 is 2.78 bits per heavy atom. The van der Waals surface area contributed by atoms with Gasteiger partial charge in [-0.05, 0) is 52.4 Å². The van der Waals surface area contributed by atoms with E-state index in [2.05, 4.69) is 25.9 Å². The van der Waals surface area contributed by atoms with Crippen LogP contribution in [0.5, 0.6) is 0 Å². The molecule has 23 heavy (non-hydrogen) atoms. The highest BCUT2D eigenvalue weighted by atomic mass is 79.9. The number of hydrogen-bond acceptors (Lipinski definition) is 4. The molecule has 2 fully saturated rings. The lowest BCUT2D eigenvalue weighted by Crippen LogP contribution is -2.38. The van der Waals surface area contributed by atoms with E-state index in [9.17, 15) is 13.9 Å². The smallest absolute Gasteiger partial charge is 0.225 e. The van der Waals surface area contributed by atoms with Gasteiger partial charge in [-0.1, -0.05) is 0 Å². The Labute approximate surface area is 144 Å². The first-order valence-corrected chi connectivity index (χ1v) is 8.55. The van der Waals surface area contributed by atoms with Crippen molar-refractivity contribution in [1.29, 1.82) is 0 Å². The summed E-state index contributed by atoms with van der Waals surface area (Å²) >= 11 is 8.83. The largest absolute Gasteiger partial charge is 0.393 e. The van der Waals surface area contributed by atoms with Gasteiger partial charge in [-0.15, -0.1) is 0 Å².